The van der Waals surface area contributed by atoms with Crippen molar-refractivity contribution in [3.63, 3.8) is 0 Å². The minimum atomic E-state index is -0.228. The molecule has 0 saturated heterocycles. The predicted octanol–water partition coefficient (Wildman–Crippen LogP) is 1.94. The molecule has 1 N–H and O–H groups in total. The molecule has 120 valence electrons. The second kappa shape index (κ2) is 6.06. The molecule has 0 aliphatic carbocycles. The SMILES string of the molecule is Cc1nnsc1C(=O)NCc1nnc2ccc(-c3cccs3)nn12. The molecule has 0 atom stereocenters. The molecule has 0 aliphatic rings. The summed E-state index contributed by atoms with van der Waals surface area (Å²) in [4.78, 5) is 13.7. The van der Waals surface area contributed by atoms with Crippen molar-refractivity contribution < 1.29 is 4.79 Å². The average Bonchev–Trinajstić information content (AvgIpc) is 3.33. The number of fused-ring (bicyclic) bond motifs is 1. The first-order valence-electron chi connectivity index (χ1n) is 7.05. The van der Waals surface area contributed by atoms with Gasteiger partial charge in [-0.25, -0.2) is 0 Å². The third-order valence-corrected chi connectivity index (χ3v) is 5.08. The molecule has 8 nitrogen and oxygen atoms in total. The van der Waals surface area contributed by atoms with Crippen molar-refractivity contribution in [3.05, 3.63) is 46.0 Å². The van der Waals surface area contributed by atoms with E-state index in [0.29, 0.717) is 22.0 Å². The molecular weight excluding hydrogens is 346 g/mol. The van der Waals surface area contributed by atoms with Crippen molar-refractivity contribution in [1.82, 2.24) is 34.7 Å². The Morgan fingerprint density at radius 1 is 1.25 bits per heavy atom. The van der Waals surface area contributed by atoms with Gasteiger partial charge in [-0.05, 0) is 42.0 Å². The van der Waals surface area contributed by atoms with Gasteiger partial charge in [0.1, 0.15) is 10.6 Å². The number of hydrogen-bond acceptors (Lipinski definition) is 8. The van der Waals surface area contributed by atoms with E-state index in [1.165, 1.54) is 0 Å². The highest BCUT2D eigenvalue weighted by Crippen LogP contribution is 2.22. The molecule has 0 spiro atoms. The molecule has 24 heavy (non-hydrogen) atoms. The zero-order valence-electron chi connectivity index (χ0n) is 12.5. The van der Waals surface area contributed by atoms with E-state index in [1.807, 2.05) is 29.6 Å². The van der Waals surface area contributed by atoms with Gasteiger partial charge < -0.3 is 5.32 Å². The zero-order chi connectivity index (χ0) is 16.5. The smallest absolute Gasteiger partial charge is 0.265 e. The van der Waals surface area contributed by atoms with E-state index in [2.05, 4.69) is 30.2 Å². The lowest BCUT2D eigenvalue weighted by Gasteiger charge is -2.03. The lowest BCUT2D eigenvalue weighted by molar-refractivity contribution is 0.0953. The number of nitrogens with zero attached hydrogens (tertiary/aromatic N) is 6. The summed E-state index contributed by atoms with van der Waals surface area (Å²) < 4.78 is 5.41. The Hall–Kier alpha value is -2.72. The number of aryl methyl sites for hydroxylation is 1. The molecule has 10 heteroatoms. The number of amides is 1. The molecule has 0 fully saturated rings. The number of hydrogen-bond donors (Lipinski definition) is 1. The lowest BCUT2D eigenvalue weighted by Crippen LogP contribution is -2.24. The number of thiophene rings is 1. The van der Waals surface area contributed by atoms with Crippen LogP contribution in [0.25, 0.3) is 16.2 Å². The molecule has 0 saturated carbocycles. The van der Waals surface area contributed by atoms with Gasteiger partial charge in [-0.2, -0.15) is 9.61 Å². The maximum atomic E-state index is 12.2. The summed E-state index contributed by atoms with van der Waals surface area (Å²) in [6.07, 6.45) is 0. The first-order chi connectivity index (χ1) is 11.7. The van der Waals surface area contributed by atoms with Crippen LogP contribution in [0.1, 0.15) is 21.2 Å². The Bertz CT molecular complexity index is 1010. The highest BCUT2D eigenvalue weighted by Gasteiger charge is 2.15. The molecule has 0 aliphatic heterocycles. The molecule has 4 aromatic heterocycles. The minimum absolute atomic E-state index is 0.220. The number of aromatic nitrogens is 6. The summed E-state index contributed by atoms with van der Waals surface area (Å²) in [7, 11) is 0. The minimum Gasteiger partial charge on any atom is -0.344 e. The molecule has 0 bridgehead atoms. The quantitative estimate of drug-likeness (QED) is 0.599. The van der Waals surface area contributed by atoms with Crippen LogP contribution in [0.3, 0.4) is 0 Å². The molecule has 0 radical (unpaired) electrons. The summed E-state index contributed by atoms with van der Waals surface area (Å²) in [6.45, 7) is 1.97. The van der Waals surface area contributed by atoms with E-state index >= 15 is 0 Å². The lowest BCUT2D eigenvalue weighted by atomic mass is 10.3. The molecule has 4 heterocycles. The summed E-state index contributed by atoms with van der Waals surface area (Å²) in [5.41, 5.74) is 2.09. The summed E-state index contributed by atoms with van der Waals surface area (Å²) >= 11 is 2.68. The molecule has 4 rings (SSSR count). The van der Waals surface area contributed by atoms with Gasteiger partial charge in [0.25, 0.3) is 5.91 Å². The number of nitrogens with one attached hydrogen (secondary N) is 1. The van der Waals surface area contributed by atoms with Crippen LogP contribution < -0.4 is 5.32 Å². The third kappa shape index (κ3) is 2.65. The summed E-state index contributed by atoms with van der Waals surface area (Å²) in [5, 5.41) is 21.4. The first kappa shape index (κ1) is 14.8. The second-order valence-corrected chi connectivity index (χ2v) is 6.65. The van der Waals surface area contributed by atoms with Crippen LogP contribution >= 0.6 is 22.9 Å². The van der Waals surface area contributed by atoms with Crippen LogP contribution in [0.4, 0.5) is 0 Å². The molecule has 0 unspecified atom stereocenters. The van der Waals surface area contributed by atoms with E-state index in [4.69, 9.17) is 0 Å². The maximum absolute atomic E-state index is 12.2. The zero-order valence-corrected chi connectivity index (χ0v) is 14.1. The van der Waals surface area contributed by atoms with Crippen LogP contribution in [0.5, 0.6) is 0 Å². The van der Waals surface area contributed by atoms with Gasteiger partial charge in [0.15, 0.2) is 11.5 Å². The standard InChI is InChI=1S/C14H11N7OS2/c1-8-13(24-20-16-8)14(22)15-7-12-18-17-11-5-4-9(19-21(11)12)10-3-2-6-23-10/h2-6H,7H2,1H3,(H,15,22). The normalized spacial score (nSPS) is 11.0. The van der Waals surface area contributed by atoms with Gasteiger partial charge in [-0.3, -0.25) is 4.79 Å². The molecular formula is C14H11N7OS2. The van der Waals surface area contributed by atoms with E-state index in [1.54, 1.807) is 22.8 Å². The fraction of sp³-hybridized carbons (Fsp3) is 0.143. The number of carbonyl (C=O) groups is 1. The van der Waals surface area contributed by atoms with E-state index in [0.717, 1.165) is 22.1 Å². The van der Waals surface area contributed by atoms with Crippen molar-refractivity contribution in [1.29, 1.82) is 0 Å². The Kier molecular flexibility index (Phi) is 3.75. The Labute approximate surface area is 144 Å². The molecule has 1 amide bonds. The number of carbonyl (C=O) groups excluding carboxylic acids is 1. The summed E-state index contributed by atoms with van der Waals surface area (Å²) in [6, 6.07) is 7.75. The van der Waals surface area contributed by atoms with Gasteiger partial charge in [-0.15, -0.1) is 26.6 Å². The van der Waals surface area contributed by atoms with E-state index in [-0.39, 0.29) is 12.5 Å². The largest absolute Gasteiger partial charge is 0.344 e. The van der Waals surface area contributed by atoms with Crippen LogP contribution in [-0.2, 0) is 6.54 Å². The predicted molar refractivity (Wildman–Crippen MR) is 89.9 cm³/mol. The van der Waals surface area contributed by atoms with Gasteiger partial charge >= 0.3 is 0 Å². The Balaban J connectivity index is 1.59. The van der Waals surface area contributed by atoms with Crippen molar-refractivity contribution in [3.8, 4) is 10.6 Å². The van der Waals surface area contributed by atoms with E-state index < -0.39 is 0 Å². The average molecular weight is 357 g/mol. The van der Waals surface area contributed by atoms with Gasteiger partial charge in [0.2, 0.25) is 0 Å². The highest BCUT2D eigenvalue weighted by atomic mass is 32.1. The third-order valence-electron chi connectivity index (χ3n) is 3.37. The molecule has 0 aromatic carbocycles. The first-order valence-corrected chi connectivity index (χ1v) is 8.70. The van der Waals surface area contributed by atoms with Crippen molar-refractivity contribution in [2.75, 3.05) is 0 Å². The topological polar surface area (TPSA) is 98.0 Å². The highest BCUT2D eigenvalue weighted by molar-refractivity contribution is 7.13. The Morgan fingerprint density at radius 3 is 2.92 bits per heavy atom. The maximum Gasteiger partial charge on any atom is 0.265 e. The van der Waals surface area contributed by atoms with Crippen LogP contribution in [-0.4, -0.2) is 35.3 Å². The van der Waals surface area contributed by atoms with Crippen LogP contribution in [0.15, 0.2) is 29.6 Å². The Morgan fingerprint density at radius 2 is 2.17 bits per heavy atom. The number of rotatable bonds is 4. The second-order valence-electron chi connectivity index (χ2n) is 4.95. The van der Waals surface area contributed by atoms with Crippen molar-refractivity contribution >= 4 is 34.4 Å². The van der Waals surface area contributed by atoms with Gasteiger partial charge in [0, 0.05) is 0 Å². The van der Waals surface area contributed by atoms with Crippen molar-refractivity contribution in [2.24, 2.45) is 0 Å². The van der Waals surface area contributed by atoms with Crippen LogP contribution in [0.2, 0.25) is 0 Å². The molecule has 4 aromatic rings. The van der Waals surface area contributed by atoms with Gasteiger partial charge in [-0.1, -0.05) is 10.6 Å². The summed E-state index contributed by atoms with van der Waals surface area (Å²) in [5.74, 6) is 0.334. The van der Waals surface area contributed by atoms with Crippen LogP contribution in [0, 0.1) is 6.92 Å². The fourth-order valence-corrected chi connectivity index (χ4v) is 3.44. The monoisotopic (exact) mass is 357 g/mol. The van der Waals surface area contributed by atoms with Gasteiger partial charge in [0.05, 0.1) is 17.1 Å². The fourth-order valence-electron chi connectivity index (χ4n) is 2.18. The van der Waals surface area contributed by atoms with E-state index in [9.17, 15) is 4.79 Å². The van der Waals surface area contributed by atoms with Crippen molar-refractivity contribution in [2.45, 2.75) is 13.5 Å².